The van der Waals surface area contributed by atoms with Crippen molar-refractivity contribution in [3.8, 4) is 0 Å². The van der Waals surface area contributed by atoms with Crippen molar-refractivity contribution in [3.05, 3.63) is 83.9 Å². The lowest BCUT2D eigenvalue weighted by Crippen LogP contribution is -2.40. The van der Waals surface area contributed by atoms with Crippen molar-refractivity contribution in [1.29, 1.82) is 0 Å². The van der Waals surface area contributed by atoms with Gasteiger partial charge in [-0.15, -0.1) is 0 Å². The molecule has 0 spiro atoms. The molecule has 2 aromatic carbocycles. The standard InChI is InChI=1S/C24H34OSi/c1-24(2,3)26(4,5)25-20-14-8-13-19-23(21-15-9-6-10-16-21)22-17-11-7-12-18-22/h6-13,15-18,23H,14,19-20H2,1-5H3/b13-8+. The third kappa shape index (κ3) is 5.96. The van der Waals surface area contributed by atoms with Gasteiger partial charge in [0.05, 0.1) is 0 Å². The summed E-state index contributed by atoms with van der Waals surface area (Å²) >= 11 is 0. The van der Waals surface area contributed by atoms with Gasteiger partial charge < -0.3 is 4.43 Å². The second-order valence-electron chi connectivity index (χ2n) is 8.48. The molecule has 2 aromatic rings. The molecule has 0 heterocycles. The lowest BCUT2D eigenvalue weighted by atomic mass is 9.88. The fourth-order valence-electron chi connectivity index (χ4n) is 2.78. The third-order valence-electron chi connectivity index (χ3n) is 5.50. The van der Waals surface area contributed by atoms with Crippen LogP contribution in [0, 0.1) is 0 Å². The maximum atomic E-state index is 6.26. The molecule has 0 aromatic heterocycles. The molecule has 0 saturated carbocycles. The maximum absolute atomic E-state index is 6.26. The molecule has 0 aliphatic carbocycles. The molecule has 1 nitrogen and oxygen atoms in total. The Hall–Kier alpha value is -1.64. The molecule has 0 bridgehead atoms. The van der Waals surface area contributed by atoms with Crippen LogP contribution in [0.5, 0.6) is 0 Å². The molecule has 0 aliphatic heterocycles. The summed E-state index contributed by atoms with van der Waals surface area (Å²) < 4.78 is 6.26. The lowest BCUT2D eigenvalue weighted by molar-refractivity contribution is 0.294. The van der Waals surface area contributed by atoms with Gasteiger partial charge in [-0.2, -0.15) is 0 Å². The largest absolute Gasteiger partial charge is 0.417 e. The first-order valence-electron chi connectivity index (χ1n) is 9.70. The molecule has 0 amide bonds. The van der Waals surface area contributed by atoms with E-state index in [0.717, 1.165) is 19.4 Å². The van der Waals surface area contributed by atoms with E-state index in [1.54, 1.807) is 0 Å². The van der Waals surface area contributed by atoms with Crippen LogP contribution in [0.25, 0.3) is 0 Å². The highest BCUT2D eigenvalue weighted by Gasteiger charge is 2.36. The quantitative estimate of drug-likeness (QED) is 0.273. The van der Waals surface area contributed by atoms with Gasteiger partial charge in [0.1, 0.15) is 0 Å². The van der Waals surface area contributed by atoms with Crippen LogP contribution in [0.2, 0.25) is 18.1 Å². The molecule has 0 atom stereocenters. The summed E-state index contributed by atoms with van der Waals surface area (Å²) in [5.41, 5.74) is 2.75. The fraction of sp³-hybridized carbons (Fsp3) is 0.417. The Morgan fingerprint density at radius 2 is 1.35 bits per heavy atom. The van der Waals surface area contributed by atoms with Gasteiger partial charge in [0.2, 0.25) is 0 Å². The van der Waals surface area contributed by atoms with Crippen molar-refractivity contribution in [2.45, 2.75) is 57.7 Å². The van der Waals surface area contributed by atoms with Gasteiger partial charge in [0.15, 0.2) is 8.32 Å². The van der Waals surface area contributed by atoms with Gasteiger partial charge in [-0.1, -0.05) is 93.6 Å². The third-order valence-corrected chi connectivity index (χ3v) is 10.0. The normalized spacial score (nSPS) is 12.8. The number of hydrogen-bond donors (Lipinski definition) is 0. The van der Waals surface area contributed by atoms with Crippen molar-refractivity contribution in [1.82, 2.24) is 0 Å². The SMILES string of the molecule is CC(C)(C)[Si](C)(C)OCC/C=C/CC(c1ccccc1)c1ccccc1. The smallest absolute Gasteiger partial charge is 0.191 e. The van der Waals surface area contributed by atoms with E-state index in [1.165, 1.54) is 11.1 Å². The zero-order valence-corrected chi connectivity index (χ0v) is 18.0. The topological polar surface area (TPSA) is 9.23 Å². The summed E-state index contributed by atoms with van der Waals surface area (Å²) in [6, 6.07) is 21.6. The lowest BCUT2D eigenvalue weighted by Gasteiger charge is -2.36. The summed E-state index contributed by atoms with van der Waals surface area (Å²) in [6.45, 7) is 12.3. The van der Waals surface area contributed by atoms with Crippen LogP contribution in [0.15, 0.2) is 72.8 Å². The van der Waals surface area contributed by atoms with E-state index in [1.807, 2.05) is 0 Å². The van der Waals surface area contributed by atoms with Crippen LogP contribution in [0.3, 0.4) is 0 Å². The van der Waals surface area contributed by atoms with Crippen LogP contribution < -0.4 is 0 Å². The zero-order valence-electron chi connectivity index (χ0n) is 17.0. The van der Waals surface area contributed by atoms with Crippen LogP contribution >= 0.6 is 0 Å². The Kier molecular flexibility index (Phi) is 7.42. The maximum Gasteiger partial charge on any atom is 0.191 e. The average Bonchev–Trinajstić information content (AvgIpc) is 2.61. The van der Waals surface area contributed by atoms with E-state index in [-0.39, 0.29) is 5.04 Å². The van der Waals surface area contributed by atoms with Gasteiger partial charge in [0.25, 0.3) is 0 Å². The Morgan fingerprint density at radius 3 is 1.81 bits per heavy atom. The molecule has 0 aliphatic rings. The minimum absolute atomic E-state index is 0.280. The van der Waals surface area contributed by atoms with E-state index in [2.05, 4.69) is 107 Å². The Bertz CT molecular complexity index is 629. The van der Waals surface area contributed by atoms with Crippen LogP contribution in [-0.2, 0) is 4.43 Å². The Morgan fingerprint density at radius 1 is 0.846 bits per heavy atom. The molecule has 0 unspecified atom stereocenters. The van der Waals surface area contributed by atoms with Crippen molar-refractivity contribution in [3.63, 3.8) is 0 Å². The summed E-state index contributed by atoms with van der Waals surface area (Å²) in [5.74, 6) is 0.412. The predicted molar refractivity (Wildman–Crippen MR) is 116 cm³/mol. The van der Waals surface area contributed by atoms with Crippen molar-refractivity contribution in [2.75, 3.05) is 6.61 Å². The number of hydrogen-bond acceptors (Lipinski definition) is 1. The molecule has 2 rings (SSSR count). The van der Waals surface area contributed by atoms with E-state index >= 15 is 0 Å². The van der Waals surface area contributed by atoms with Gasteiger partial charge in [-0.05, 0) is 42.1 Å². The van der Waals surface area contributed by atoms with E-state index < -0.39 is 8.32 Å². The molecule has 0 N–H and O–H groups in total. The molecule has 0 fully saturated rings. The molecule has 0 saturated heterocycles. The van der Waals surface area contributed by atoms with Crippen molar-refractivity contribution in [2.24, 2.45) is 0 Å². The zero-order chi connectivity index (χ0) is 19.0. The first-order valence-corrected chi connectivity index (χ1v) is 12.6. The highest BCUT2D eigenvalue weighted by atomic mass is 28.4. The molecule has 0 radical (unpaired) electrons. The van der Waals surface area contributed by atoms with E-state index in [9.17, 15) is 0 Å². The van der Waals surface area contributed by atoms with Gasteiger partial charge in [0, 0.05) is 12.5 Å². The second-order valence-corrected chi connectivity index (χ2v) is 13.3. The molecule has 2 heteroatoms. The number of rotatable bonds is 8. The predicted octanol–water partition coefficient (Wildman–Crippen LogP) is 7.18. The Balaban J connectivity index is 1.93. The monoisotopic (exact) mass is 366 g/mol. The van der Waals surface area contributed by atoms with E-state index in [0.29, 0.717) is 5.92 Å². The highest BCUT2D eigenvalue weighted by molar-refractivity contribution is 6.74. The van der Waals surface area contributed by atoms with Crippen LogP contribution in [0.4, 0.5) is 0 Å². The minimum Gasteiger partial charge on any atom is -0.417 e. The van der Waals surface area contributed by atoms with E-state index in [4.69, 9.17) is 4.43 Å². The van der Waals surface area contributed by atoms with Crippen LogP contribution in [0.1, 0.15) is 50.7 Å². The summed E-state index contributed by atoms with van der Waals surface area (Å²) in [6.07, 6.45) is 6.61. The highest BCUT2D eigenvalue weighted by Crippen LogP contribution is 2.36. The molecule has 140 valence electrons. The summed E-state index contributed by atoms with van der Waals surface area (Å²) in [4.78, 5) is 0. The summed E-state index contributed by atoms with van der Waals surface area (Å²) in [7, 11) is -1.63. The molecular formula is C24H34OSi. The minimum atomic E-state index is -1.63. The second kappa shape index (κ2) is 9.34. The molecular weight excluding hydrogens is 332 g/mol. The van der Waals surface area contributed by atoms with Crippen LogP contribution in [-0.4, -0.2) is 14.9 Å². The first kappa shape index (κ1) is 20.7. The molecule has 26 heavy (non-hydrogen) atoms. The first-order chi connectivity index (χ1) is 12.3. The van der Waals surface area contributed by atoms with Crippen molar-refractivity contribution >= 4 is 8.32 Å². The van der Waals surface area contributed by atoms with Gasteiger partial charge in [-0.25, -0.2) is 0 Å². The Labute approximate surface area is 161 Å². The van der Waals surface area contributed by atoms with Gasteiger partial charge >= 0.3 is 0 Å². The van der Waals surface area contributed by atoms with Crippen molar-refractivity contribution < 1.29 is 4.43 Å². The average molecular weight is 367 g/mol. The fourth-order valence-corrected chi connectivity index (χ4v) is 3.85. The number of allylic oxidation sites excluding steroid dienone is 1. The van der Waals surface area contributed by atoms with Gasteiger partial charge in [-0.3, -0.25) is 0 Å². The number of benzene rings is 2. The summed E-state index contributed by atoms with van der Waals surface area (Å²) in [5, 5.41) is 0.280.